The Morgan fingerprint density at radius 1 is 0.686 bits per heavy atom. The van der Waals surface area contributed by atoms with Crippen LogP contribution in [-0.4, -0.2) is 252 Å². The number of carbonyl (C=O) groups excluding carboxylic acids is 3. The minimum Gasteiger partial charge on any atom is -0.479 e. The van der Waals surface area contributed by atoms with Crippen LogP contribution in [0.3, 0.4) is 0 Å². The van der Waals surface area contributed by atoms with Gasteiger partial charge in [0.15, 0.2) is 31.3 Å². The van der Waals surface area contributed by atoms with E-state index < -0.39 is 217 Å². The molecule has 13 N–H and O–H groups in total. The summed E-state index contributed by atoms with van der Waals surface area (Å²) >= 11 is 0. The third kappa shape index (κ3) is 11.0. The number of carboxylic acids is 1. The van der Waals surface area contributed by atoms with Gasteiger partial charge in [0, 0.05) is 17.9 Å². The summed E-state index contributed by atoms with van der Waals surface area (Å²) in [5, 5.41) is 145. The smallest absolute Gasteiger partial charge is 0.335 e. The Bertz CT molecular complexity index is 2550. The Morgan fingerprint density at radius 3 is 1.94 bits per heavy atom. The first-order valence-electron chi connectivity index (χ1n) is 29.8. The number of aliphatic hydroxyl groups is 12. The largest absolute Gasteiger partial charge is 0.479 e. The van der Waals surface area contributed by atoms with Gasteiger partial charge in [-0.2, -0.15) is 0 Å². The van der Waals surface area contributed by atoms with Crippen molar-refractivity contribution in [3.8, 4) is 0 Å². The fourth-order valence-corrected chi connectivity index (χ4v) is 16.9. The number of esters is 2. The highest BCUT2D eigenvalue weighted by Gasteiger charge is 2.74. The first-order chi connectivity index (χ1) is 40.2. The maximum absolute atomic E-state index is 14.2. The van der Waals surface area contributed by atoms with Crippen LogP contribution in [0.5, 0.6) is 0 Å². The minimum atomic E-state index is -2.28. The number of hydrogen-bond acceptors (Lipinski definition) is 26. The number of aliphatic carboxylic acids is 1. The lowest BCUT2D eigenvalue weighted by Gasteiger charge is -2.72. The van der Waals surface area contributed by atoms with E-state index in [-0.39, 0.29) is 25.4 Å². The highest BCUT2D eigenvalue weighted by atomic mass is 16.8. The highest BCUT2D eigenvalue weighted by molar-refractivity contribution is 5.87. The van der Waals surface area contributed by atoms with Gasteiger partial charge in [0.25, 0.3) is 0 Å². The molecule has 0 amide bonds. The summed E-state index contributed by atoms with van der Waals surface area (Å²) in [6.07, 6.45) is -32.7. The molecule has 0 radical (unpaired) electrons. The average Bonchev–Trinajstić information content (AvgIpc) is 0.771. The summed E-state index contributed by atoms with van der Waals surface area (Å²) in [5.41, 5.74) is -4.42. The Balaban J connectivity index is 1.05. The standard InChI is InChI=1S/C59H90O27/c1-10-24(2)49(76)86-47-46(73)59(23-79-25(3)62)27(17-54(47,4)5)26-11-12-32-55(6)15-14-34(56(7,22-61)31(55)13-16-57(32,8)58(26,9)18-33(59)65)81-53-45(85-51-40(71)38(69)37(68)30(19-60)80-51)42(41(72)43(83-53)48(74)75)82-52-44(36(67)29(64)21-78-52)84-50-39(70)35(66)28(63)20-77-50/h10-11,22,27-47,50-53,60,63-73H,12-21,23H2,1-9H3,(H,74,75)/b24-10+/t27-,28-,29-,30+,31+,32+,33+,34-,35-,36-,37-,38-,39+,40+,41-,42-,43-,44+,45+,46-,47-,50-,51-,52-,53+,55-,56-,57+,58+,59-/m0/s1. The van der Waals surface area contributed by atoms with Crippen molar-refractivity contribution in [2.75, 3.05) is 26.4 Å². The second-order valence-corrected chi connectivity index (χ2v) is 27.3. The van der Waals surface area contributed by atoms with Gasteiger partial charge >= 0.3 is 17.9 Å². The Labute approximate surface area is 498 Å². The molecule has 0 aromatic carbocycles. The van der Waals surface area contributed by atoms with Crippen molar-refractivity contribution in [1.82, 2.24) is 0 Å². The van der Waals surface area contributed by atoms with Crippen LogP contribution in [0.4, 0.5) is 0 Å². The van der Waals surface area contributed by atoms with Crippen molar-refractivity contribution < 1.29 is 133 Å². The molecule has 0 aromatic heterocycles. The minimum absolute atomic E-state index is 0.112. The summed E-state index contributed by atoms with van der Waals surface area (Å²) in [4.78, 5) is 53.3. The van der Waals surface area contributed by atoms with Crippen molar-refractivity contribution in [1.29, 1.82) is 0 Å². The molecule has 488 valence electrons. The van der Waals surface area contributed by atoms with Gasteiger partial charge in [0.2, 0.25) is 0 Å². The number of hydrogen-bond donors (Lipinski definition) is 13. The quantitative estimate of drug-likeness (QED) is 0.0277. The molecule has 4 saturated carbocycles. The Hall–Kier alpha value is -3.24. The van der Waals surface area contributed by atoms with Crippen LogP contribution in [0.15, 0.2) is 23.3 Å². The number of fused-ring (bicyclic) bond motifs is 7. The zero-order valence-corrected chi connectivity index (χ0v) is 50.0. The van der Waals surface area contributed by atoms with Crippen molar-refractivity contribution in [2.24, 2.45) is 50.2 Å². The predicted octanol–water partition coefficient (Wildman–Crippen LogP) is -2.01. The molecule has 4 aliphatic heterocycles. The van der Waals surface area contributed by atoms with Gasteiger partial charge in [-0.05, 0) is 92.8 Å². The molecule has 27 heteroatoms. The average molecular weight is 1230 g/mol. The first kappa shape index (κ1) is 67.2. The summed E-state index contributed by atoms with van der Waals surface area (Å²) in [6, 6.07) is 0. The predicted molar refractivity (Wildman–Crippen MR) is 289 cm³/mol. The van der Waals surface area contributed by atoms with Gasteiger partial charge in [-0.1, -0.05) is 59.3 Å². The van der Waals surface area contributed by atoms with Crippen LogP contribution in [0, 0.1) is 50.2 Å². The number of allylic oxidation sites excluding steroid dienone is 3. The molecule has 9 aliphatic rings. The molecule has 0 bridgehead atoms. The zero-order valence-electron chi connectivity index (χ0n) is 50.0. The molecule has 4 saturated heterocycles. The van der Waals surface area contributed by atoms with E-state index in [0.29, 0.717) is 37.7 Å². The van der Waals surface area contributed by atoms with Crippen LogP contribution in [-0.2, 0) is 66.5 Å². The van der Waals surface area contributed by atoms with Gasteiger partial charge in [-0.3, -0.25) is 4.79 Å². The van der Waals surface area contributed by atoms with E-state index in [1.165, 1.54) is 6.92 Å². The van der Waals surface area contributed by atoms with E-state index in [0.717, 1.165) is 11.9 Å². The first-order valence-corrected chi connectivity index (χ1v) is 29.8. The maximum Gasteiger partial charge on any atom is 0.335 e. The van der Waals surface area contributed by atoms with Gasteiger partial charge < -0.3 is 119 Å². The van der Waals surface area contributed by atoms with Gasteiger partial charge in [-0.15, -0.1) is 0 Å². The number of aliphatic hydroxyl groups excluding tert-OH is 12. The van der Waals surface area contributed by atoms with Crippen LogP contribution in [0.1, 0.15) is 107 Å². The lowest BCUT2D eigenvalue weighted by molar-refractivity contribution is -0.398. The fourth-order valence-electron chi connectivity index (χ4n) is 16.9. The van der Waals surface area contributed by atoms with Crippen molar-refractivity contribution >= 4 is 24.2 Å². The molecule has 5 aliphatic carbocycles. The second-order valence-electron chi connectivity index (χ2n) is 27.3. The molecule has 86 heavy (non-hydrogen) atoms. The zero-order chi connectivity index (χ0) is 63.3. The lowest BCUT2D eigenvalue weighted by Crippen LogP contribution is -2.72. The van der Waals surface area contributed by atoms with E-state index in [1.807, 2.05) is 13.8 Å². The van der Waals surface area contributed by atoms with Crippen molar-refractivity contribution in [3.05, 3.63) is 23.3 Å². The fraction of sp³-hybridized carbons (Fsp3) is 0.864. The molecule has 9 rings (SSSR count). The van der Waals surface area contributed by atoms with Gasteiger partial charge in [0.05, 0.1) is 42.9 Å². The SMILES string of the molecule is C/C=C(\C)C(=O)O[C@H]1[C@H](O)[C@]2(COC(C)=O)[C@H](O)C[C@]3(C)C(=CC[C@@H]4[C@@]5(C)CC[C@H](O[C@@H]6O[C@H](C(=O)O)[C@@H](O)[C@H](O[C@@H]7OC[C@H](O)[C@H](O)[C@H]7O[C@@H]7OC[C@H](O)[C@H](O)[C@H]7O)[C@H]6O[C@@H]6O[C@H](CO)[C@H](O)[C@H](O)[C@H]6O)[C@@](C)(C=O)[C@@H]5CC[C@]43C)[C@@H]2CC1(C)C. The van der Waals surface area contributed by atoms with Crippen molar-refractivity contribution in [2.45, 2.75) is 242 Å². The molecule has 0 spiro atoms. The number of ether oxygens (including phenoxy) is 10. The summed E-state index contributed by atoms with van der Waals surface area (Å²) < 4.78 is 60.0. The van der Waals surface area contributed by atoms with Crippen LogP contribution < -0.4 is 0 Å². The Morgan fingerprint density at radius 2 is 1.31 bits per heavy atom. The Kier molecular flexibility index (Phi) is 19.3. The number of carboxylic acid groups (broad SMARTS) is 1. The molecule has 8 fully saturated rings. The molecule has 0 aromatic rings. The van der Waals surface area contributed by atoms with E-state index >= 15 is 0 Å². The summed E-state index contributed by atoms with van der Waals surface area (Å²) in [7, 11) is 0. The second kappa shape index (κ2) is 24.8. The van der Waals surface area contributed by atoms with Crippen LogP contribution in [0.2, 0.25) is 0 Å². The van der Waals surface area contributed by atoms with E-state index in [9.17, 15) is 85.6 Å². The number of rotatable bonds is 15. The highest BCUT2D eigenvalue weighted by Crippen LogP contribution is 2.76. The third-order valence-electron chi connectivity index (χ3n) is 22.2. The third-order valence-corrected chi connectivity index (χ3v) is 22.2. The molecule has 4 heterocycles. The number of aldehydes is 1. The van der Waals surface area contributed by atoms with Crippen LogP contribution in [0.25, 0.3) is 0 Å². The maximum atomic E-state index is 14.2. The molecule has 27 nitrogen and oxygen atoms in total. The number of carbonyl (C=O) groups is 4. The normalized spacial score (nSPS) is 51.1. The van der Waals surface area contributed by atoms with Crippen molar-refractivity contribution in [3.63, 3.8) is 0 Å². The molecular formula is C59H90O27. The molecule has 30 atom stereocenters. The van der Waals surface area contributed by atoms with Crippen LogP contribution >= 0.6 is 0 Å². The van der Waals surface area contributed by atoms with E-state index in [1.54, 1.807) is 26.8 Å². The van der Waals surface area contributed by atoms with Gasteiger partial charge in [-0.25, -0.2) is 9.59 Å². The monoisotopic (exact) mass is 1230 g/mol. The lowest BCUT2D eigenvalue weighted by atomic mass is 9.33. The molecular weight excluding hydrogens is 1140 g/mol. The summed E-state index contributed by atoms with van der Waals surface area (Å²) in [5.74, 6) is -4.18. The molecule has 0 unspecified atom stereocenters. The van der Waals surface area contributed by atoms with E-state index in [2.05, 4.69) is 26.8 Å². The summed E-state index contributed by atoms with van der Waals surface area (Å²) in [6.45, 7) is 14.1. The topological polar surface area (TPSA) is 424 Å². The van der Waals surface area contributed by atoms with Gasteiger partial charge in [0.1, 0.15) is 104 Å². The van der Waals surface area contributed by atoms with E-state index in [4.69, 9.17) is 47.4 Å².